The Labute approximate surface area is 90.6 Å². The fourth-order valence-corrected chi connectivity index (χ4v) is 1.54. The van der Waals surface area contributed by atoms with Gasteiger partial charge in [-0.2, -0.15) is 5.26 Å². The van der Waals surface area contributed by atoms with Crippen molar-refractivity contribution >= 4 is 15.9 Å². The Bertz CT molecular complexity index is 374. The van der Waals surface area contributed by atoms with E-state index in [0.717, 1.165) is 0 Å². The lowest BCUT2D eigenvalue weighted by Gasteiger charge is -2.11. The highest BCUT2D eigenvalue weighted by Crippen LogP contribution is 2.36. The van der Waals surface area contributed by atoms with E-state index in [-0.39, 0.29) is 6.42 Å². The number of methoxy groups -OCH3 is 2. The Morgan fingerprint density at radius 2 is 2.07 bits per heavy atom. The lowest BCUT2D eigenvalue weighted by molar-refractivity contribution is 0.348. The van der Waals surface area contributed by atoms with Gasteiger partial charge in [0, 0.05) is 6.20 Å². The molecule has 0 aliphatic rings. The third-order valence-corrected chi connectivity index (χ3v) is 2.24. The van der Waals surface area contributed by atoms with Crippen LogP contribution in [0.15, 0.2) is 10.7 Å². The van der Waals surface area contributed by atoms with E-state index in [1.54, 1.807) is 13.3 Å². The summed E-state index contributed by atoms with van der Waals surface area (Å²) < 4.78 is 11.0. The highest BCUT2D eigenvalue weighted by Gasteiger charge is 2.14. The summed E-state index contributed by atoms with van der Waals surface area (Å²) in [7, 11) is 3.06. The predicted octanol–water partition coefficient (Wildman–Crippen LogP) is 1.93. The number of hydrogen-bond acceptors (Lipinski definition) is 4. The molecule has 1 aromatic heterocycles. The summed E-state index contributed by atoms with van der Waals surface area (Å²) in [5.74, 6) is 1.07. The molecule has 4 nitrogen and oxygen atoms in total. The van der Waals surface area contributed by atoms with Crippen molar-refractivity contribution in [2.75, 3.05) is 14.2 Å². The highest BCUT2D eigenvalue weighted by molar-refractivity contribution is 9.10. The van der Waals surface area contributed by atoms with Crippen molar-refractivity contribution < 1.29 is 9.47 Å². The summed E-state index contributed by atoms with van der Waals surface area (Å²) in [6.07, 6.45) is 1.79. The molecule has 0 radical (unpaired) electrons. The number of halogens is 1. The molecule has 1 aromatic rings. The maximum absolute atomic E-state index is 8.57. The number of ether oxygens (including phenoxy) is 2. The smallest absolute Gasteiger partial charge is 0.184 e. The molecule has 0 amide bonds. The summed E-state index contributed by atoms with van der Waals surface area (Å²) in [6.45, 7) is 0. The van der Waals surface area contributed by atoms with Gasteiger partial charge in [0.25, 0.3) is 0 Å². The molecule has 0 aliphatic heterocycles. The Balaban J connectivity index is 3.27. The maximum Gasteiger partial charge on any atom is 0.184 e. The van der Waals surface area contributed by atoms with E-state index < -0.39 is 0 Å². The quantitative estimate of drug-likeness (QED) is 0.830. The molecule has 14 heavy (non-hydrogen) atoms. The Morgan fingerprint density at radius 1 is 1.43 bits per heavy atom. The van der Waals surface area contributed by atoms with Gasteiger partial charge in [0.2, 0.25) is 0 Å². The first-order valence-electron chi connectivity index (χ1n) is 3.86. The average Bonchev–Trinajstić information content (AvgIpc) is 2.20. The average molecular weight is 257 g/mol. The van der Waals surface area contributed by atoms with Crippen molar-refractivity contribution in [1.29, 1.82) is 5.26 Å². The molecule has 74 valence electrons. The molecule has 0 bridgehead atoms. The molecule has 0 atom stereocenters. The monoisotopic (exact) mass is 256 g/mol. The van der Waals surface area contributed by atoms with E-state index in [9.17, 15) is 0 Å². The molecule has 0 N–H and O–H groups in total. The van der Waals surface area contributed by atoms with Crippen LogP contribution in [-0.4, -0.2) is 19.2 Å². The third-order valence-electron chi connectivity index (χ3n) is 1.67. The second kappa shape index (κ2) is 4.82. The van der Waals surface area contributed by atoms with Gasteiger partial charge in [0.15, 0.2) is 11.5 Å². The molecule has 0 saturated carbocycles. The summed E-state index contributed by atoms with van der Waals surface area (Å²) in [4.78, 5) is 4.07. The molecule has 0 spiro atoms. The van der Waals surface area contributed by atoms with Gasteiger partial charge in [-0.05, 0) is 15.9 Å². The number of aromatic nitrogens is 1. The third kappa shape index (κ3) is 1.96. The first-order chi connectivity index (χ1) is 6.74. The molecule has 5 heteroatoms. The lowest BCUT2D eigenvalue weighted by atomic mass is 10.2. The second-order valence-corrected chi connectivity index (χ2v) is 3.31. The van der Waals surface area contributed by atoms with E-state index in [4.69, 9.17) is 14.7 Å². The highest BCUT2D eigenvalue weighted by atomic mass is 79.9. The molecule has 1 heterocycles. The molecular formula is C9H9BrN2O2. The first kappa shape index (κ1) is 10.8. The molecule has 1 rings (SSSR count). The Hall–Kier alpha value is -1.28. The van der Waals surface area contributed by atoms with Gasteiger partial charge in [-0.1, -0.05) is 0 Å². The van der Waals surface area contributed by atoms with Gasteiger partial charge in [-0.25, -0.2) is 0 Å². The van der Waals surface area contributed by atoms with Gasteiger partial charge in [0.1, 0.15) is 5.69 Å². The molecule has 0 unspecified atom stereocenters. The molecule has 0 fully saturated rings. The number of rotatable bonds is 3. The summed E-state index contributed by atoms with van der Waals surface area (Å²) >= 11 is 3.28. The van der Waals surface area contributed by atoms with Crippen LogP contribution in [0.3, 0.4) is 0 Å². The van der Waals surface area contributed by atoms with Crippen molar-refractivity contribution in [2.45, 2.75) is 6.42 Å². The Kier molecular flexibility index (Phi) is 3.72. The maximum atomic E-state index is 8.57. The SMILES string of the molecule is COc1c(Br)cnc(CC#N)c1OC. The van der Waals surface area contributed by atoms with Crippen molar-refractivity contribution in [1.82, 2.24) is 4.98 Å². The fourth-order valence-electron chi connectivity index (χ4n) is 1.09. The summed E-state index contributed by atoms with van der Waals surface area (Å²) in [6, 6.07) is 2.02. The van der Waals surface area contributed by atoms with Gasteiger partial charge in [-0.3, -0.25) is 4.98 Å². The minimum Gasteiger partial charge on any atom is -0.492 e. The van der Waals surface area contributed by atoms with Gasteiger partial charge >= 0.3 is 0 Å². The zero-order valence-corrected chi connectivity index (χ0v) is 9.46. The van der Waals surface area contributed by atoms with Crippen LogP contribution < -0.4 is 9.47 Å². The van der Waals surface area contributed by atoms with Crippen LogP contribution in [0.25, 0.3) is 0 Å². The van der Waals surface area contributed by atoms with Crippen LogP contribution in [0.4, 0.5) is 0 Å². The number of nitrogens with zero attached hydrogens (tertiary/aromatic N) is 2. The largest absolute Gasteiger partial charge is 0.492 e. The number of nitriles is 1. The predicted molar refractivity (Wildman–Crippen MR) is 54.4 cm³/mol. The number of pyridine rings is 1. The van der Waals surface area contributed by atoms with Crippen LogP contribution in [0.1, 0.15) is 5.69 Å². The van der Waals surface area contributed by atoms with Crippen LogP contribution in [0, 0.1) is 11.3 Å². The van der Waals surface area contributed by atoms with E-state index >= 15 is 0 Å². The van der Waals surface area contributed by atoms with Crippen molar-refractivity contribution in [3.63, 3.8) is 0 Å². The molecular weight excluding hydrogens is 248 g/mol. The zero-order valence-electron chi connectivity index (χ0n) is 7.87. The summed E-state index contributed by atoms with van der Waals surface area (Å²) in [5, 5.41) is 8.57. The topological polar surface area (TPSA) is 55.1 Å². The standard InChI is InChI=1S/C9H9BrN2O2/c1-13-8-6(10)5-12-7(3-4-11)9(8)14-2/h5H,3H2,1-2H3. The van der Waals surface area contributed by atoms with E-state index in [0.29, 0.717) is 21.7 Å². The van der Waals surface area contributed by atoms with Crippen molar-refractivity contribution in [3.8, 4) is 17.6 Å². The van der Waals surface area contributed by atoms with Crippen LogP contribution in [-0.2, 0) is 6.42 Å². The van der Waals surface area contributed by atoms with Crippen LogP contribution in [0.5, 0.6) is 11.5 Å². The van der Waals surface area contributed by atoms with E-state index in [2.05, 4.69) is 20.9 Å². The molecule has 0 aliphatic carbocycles. The summed E-state index contributed by atoms with van der Waals surface area (Å²) in [5.41, 5.74) is 0.579. The van der Waals surface area contributed by atoms with Crippen molar-refractivity contribution in [3.05, 3.63) is 16.4 Å². The van der Waals surface area contributed by atoms with Gasteiger partial charge in [0.05, 0.1) is 31.2 Å². The van der Waals surface area contributed by atoms with Crippen molar-refractivity contribution in [2.24, 2.45) is 0 Å². The Morgan fingerprint density at radius 3 is 2.57 bits per heavy atom. The van der Waals surface area contributed by atoms with Gasteiger partial charge in [-0.15, -0.1) is 0 Å². The van der Waals surface area contributed by atoms with E-state index in [1.807, 2.05) is 6.07 Å². The normalized spacial score (nSPS) is 9.29. The second-order valence-electron chi connectivity index (χ2n) is 2.45. The number of hydrogen-bond donors (Lipinski definition) is 0. The van der Waals surface area contributed by atoms with Gasteiger partial charge < -0.3 is 9.47 Å². The van der Waals surface area contributed by atoms with Crippen LogP contribution >= 0.6 is 15.9 Å². The molecule has 0 saturated heterocycles. The lowest BCUT2D eigenvalue weighted by Crippen LogP contribution is -1.99. The van der Waals surface area contributed by atoms with Crippen LogP contribution in [0.2, 0.25) is 0 Å². The minimum atomic E-state index is 0.201. The van der Waals surface area contributed by atoms with E-state index in [1.165, 1.54) is 7.11 Å². The minimum absolute atomic E-state index is 0.201. The fraction of sp³-hybridized carbons (Fsp3) is 0.333. The molecule has 0 aromatic carbocycles. The zero-order chi connectivity index (χ0) is 10.6. The first-order valence-corrected chi connectivity index (χ1v) is 4.66.